The summed E-state index contributed by atoms with van der Waals surface area (Å²) in [5.74, 6) is 1.98. The van der Waals surface area contributed by atoms with E-state index in [1.54, 1.807) is 11.8 Å². The van der Waals surface area contributed by atoms with Crippen LogP contribution in [0.5, 0.6) is 5.75 Å². The number of hydrogen-bond donors (Lipinski definition) is 1. The van der Waals surface area contributed by atoms with E-state index in [0.29, 0.717) is 6.61 Å². The van der Waals surface area contributed by atoms with Crippen LogP contribution in [0.4, 0.5) is 0 Å². The molecule has 116 valence electrons. The molecule has 3 atom stereocenters. The number of benzene rings is 1. The van der Waals surface area contributed by atoms with E-state index in [1.165, 1.54) is 0 Å². The Morgan fingerprint density at radius 1 is 1.38 bits per heavy atom. The molecule has 1 aliphatic heterocycles. The van der Waals surface area contributed by atoms with Crippen molar-refractivity contribution in [3.8, 4) is 5.75 Å². The number of nitrogens with one attached hydrogen (secondary N) is 1. The zero-order valence-electron chi connectivity index (χ0n) is 13.1. The Hall–Kier alpha value is -1.20. The number of amides is 1. The van der Waals surface area contributed by atoms with Gasteiger partial charge in [0, 0.05) is 11.8 Å². The largest absolute Gasteiger partial charge is 0.494 e. The van der Waals surface area contributed by atoms with Crippen LogP contribution >= 0.6 is 11.8 Å². The van der Waals surface area contributed by atoms with E-state index < -0.39 is 0 Å². The van der Waals surface area contributed by atoms with Gasteiger partial charge in [0.1, 0.15) is 11.9 Å². The molecular weight excluding hydrogens is 284 g/mol. The summed E-state index contributed by atoms with van der Waals surface area (Å²) >= 11 is 1.76. The number of rotatable bonds is 6. The molecule has 0 radical (unpaired) electrons. The van der Waals surface area contributed by atoms with Crippen molar-refractivity contribution in [2.24, 2.45) is 0 Å². The minimum absolute atomic E-state index is 0.0506. The smallest absolute Gasteiger partial charge is 0.241 e. The molecule has 3 unspecified atom stereocenters. The number of nitrogens with zero attached hydrogens (tertiary/aromatic N) is 1. The Balaban J connectivity index is 2.21. The van der Waals surface area contributed by atoms with Gasteiger partial charge >= 0.3 is 0 Å². The van der Waals surface area contributed by atoms with Gasteiger partial charge in [-0.1, -0.05) is 12.1 Å². The first-order valence-corrected chi connectivity index (χ1v) is 8.77. The van der Waals surface area contributed by atoms with Crippen molar-refractivity contribution < 1.29 is 9.53 Å². The molecule has 1 fully saturated rings. The van der Waals surface area contributed by atoms with Crippen LogP contribution in [0.1, 0.15) is 32.5 Å². The maximum absolute atomic E-state index is 12.4. The molecule has 1 heterocycles. The third-order valence-electron chi connectivity index (χ3n) is 3.70. The third kappa shape index (κ3) is 3.52. The quantitative estimate of drug-likeness (QED) is 0.877. The Morgan fingerprint density at radius 2 is 2.05 bits per heavy atom. The molecule has 0 aromatic heterocycles. The van der Waals surface area contributed by atoms with E-state index in [2.05, 4.69) is 18.5 Å². The summed E-state index contributed by atoms with van der Waals surface area (Å²) in [5.41, 5.74) is 1.10. The first-order chi connectivity index (χ1) is 10.1. The molecular formula is C16H24N2O2S. The van der Waals surface area contributed by atoms with Gasteiger partial charge in [0.15, 0.2) is 0 Å². The van der Waals surface area contributed by atoms with Crippen LogP contribution in [0.15, 0.2) is 24.3 Å². The fourth-order valence-corrected chi connectivity index (χ4v) is 3.35. The lowest BCUT2D eigenvalue weighted by Crippen LogP contribution is -2.39. The van der Waals surface area contributed by atoms with Crippen molar-refractivity contribution in [2.45, 2.75) is 39.0 Å². The second-order valence-corrected chi connectivity index (χ2v) is 6.25. The molecule has 2 rings (SSSR count). The predicted octanol–water partition coefficient (Wildman–Crippen LogP) is 2.66. The number of thioether (sulfide) groups is 1. The molecule has 0 saturated carbocycles. The Kier molecular flexibility index (Phi) is 5.53. The zero-order valence-corrected chi connectivity index (χ0v) is 13.9. The summed E-state index contributed by atoms with van der Waals surface area (Å²) < 4.78 is 5.47. The normalized spacial score (nSPS) is 23.4. The van der Waals surface area contributed by atoms with Gasteiger partial charge in [0.2, 0.25) is 5.91 Å². The molecule has 1 N–H and O–H groups in total. The van der Waals surface area contributed by atoms with Gasteiger partial charge in [0.05, 0.1) is 12.6 Å². The first kappa shape index (κ1) is 16.2. The van der Waals surface area contributed by atoms with Crippen LogP contribution in [0.2, 0.25) is 0 Å². The summed E-state index contributed by atoms with van der Waals surface area (Å²) in [6.45, 7) is 6.66. The third-order valence-corrected chi connectivity index (χ3v) is 4.52. The first-order valence-electron chi connectivity index (χ1n) is 7.38. The molecule has 21 heavy (non-hydrogen) atoms. The fourth-order valence-electron chi connectivity index (χ4n) is 2.70. The van der Waals surface area contributed by atoms with Gasteiger partial charge in [-0.15, -0.1) is 0 Å². The van der Waals surface area contributed by atoms with Crippen LogP contribution in [0, 0.1) is 0 Å². The van der Waals surface area contributed by atoms with Gasteiger partial charge < -0.3 is 9.64 Å². The van der Waals surface area contributed by atoms with E-state index in [1.807, 2.05) is 43.0 Å². The highest BCUT2D eigenvalue weighted by atomic mass is 32.2. The summed E-state index contributed by atoms with van der Waals surface area (Å²) in [6.07, 6.45) is 2.02. The van der Waals surface area contributed by atoms with Gasteiger partial charge in [-0.05, 0) is 44.7 Å². The van der Waals surface area contributed by atoms with E-state index in [9.17, 15) is 4.79 Å². The number of carbonyl (C=O) groups is 1. The van der Waals surface area contributed by atoms with E-state index in [0.717, 1.165) is 17.1 Å². The molecule has 1 aromatic rings. The monoisotopic (exact) mass is 308 g/mol. The van der Waals surface area contributed by atoms with Crippen molar-refractivity contribution in [3.05, 3.63) is 29.8 Å². The van der Waals surface area contributed by atoms with Crippen molar-refractivity contribution >= 4 is 17.7 Å². The predicted molar refractivity (Wildman–Crippen MR) is 87.6 cm³/mol. The molecule has 0 aliphatic carbocycles. The van der Waals surface area contributed by atoms with E-state index >= 15 is 0 Å². The average molecular weight is 308 g/mol. The molecule has 1 saturated heterocycles. The van der Waals surface area contributed by atoms with Gasteiger partial charge in [-0.3, -0.25) is 10.1 Å². The summed E-state index contributed by atoms with van der Waals surface area (Å²) in [6, 6.07) is 8.07. The second-order valence-electron chi connectivity index (χ2n) is 5.34. The Bertz CT molecular complexity index is 478. The average Bonchev–Trinajstić information content (AvgIpc) is 2.76. The van der Waals surface area contributed by atoms with Crippen molar-refractivity contribution in [1.29, 1.82) is 0 Å². The number of carbonyl (C=O) groups excluding carboxylic acids is 1. The highest BCUT2D eigenvalue weighted by Crippen LogP contribution is 2.29. The van der Waals surface area contributed by atoms with Crippen molar-refractivity contribution in [1.82, 2.24) is 10.2 Å². The molecule has 4 nitrogen and oxygen atoms in total. The maximum Gasteiger partial charge on any atom is 0.241 e. The number of ether oxygens (including phenoxy) is 1. The van der Waals surface area contributed by atoms with Gasteiger partial charge in [-0.25, -0.2) is 0 Å². The molecule has 1 amide bonds. The highest BCUT2D eigenvalue weighted by Gasteiger charge is 2.39. The Morgan fingerprint density at radius 3 is 2.62 bits per heavy atom. The minimum Gasteiger partial charge on any atom is -0.494 e. The van der Waals surface area contributed by atoms with Crippen molar-refractivity contribution in [3.63, 3.8) is 0 Å². The molecule has 1 aliphatic rings. The summed E-state index contributed by atoms with van der Waals surface area (Å²) in [5, 5.41) is 3.39. The van der Waals surface area contributed by atoms with E-state index in [-0.39, 0.29) is 24.2 Å². The fraction of sp³-hybridized carbons (Fsp3) is 0.562. The second kappa shape index (κ2) is 7.18. The van der Waals surface area contributed by atoms with Crippen LogP contribution in [-0.2, 0) is 4.79 Å². The molecule has 0 bridgehead atoms. The van der Waals surface area contributed by atoms with Crippen LogP contribution in [-0.4, -0.2) is 41.5 Å². The van der Waals surface area contributed by atoms with Gasteiger partial charge in [-0.2, -0.15) is 11.8 Å². The molecule has 1 aromatic carbocycles. The van der Waals surface area contributed by atoms with Crippen LogP contribution < -0.4 is 10.1 Å². The molecule has 0 spiro atoms. The highest BCUT2D eigenvalue weighted by molar-refractivity contribution is 7.98. The minimum atomic E-state index is -0.133. The SMILES string of the molecule is CCOc1ccc(C2NC(C)C(=O)N2C(C)CSC)cc1. The van der Waals surface area contributed by atoms with E-state index in [4.69, 9.17) is 4.74 Å². The van der Waals surface area contributed by atoms with Crippen LogP contribution in [0.3, 0.4) is 0 Å². The molecule has 5 heteroatoms. The summed E-state index contributed by atoms with van der Waals surface area (Å²) in [4.78, 5) is 14.4. The number of hydrogen-bond acceptors (Lipinski definition) is 4. The maximum atomic E-state index is 12.4. The lowest BCUT2D eigenvalue weighted by Gasteiger charge is -2.30. The Labute approximate surface area is 131 Å². The zero-order chi connectivity index (χ0) is 15.4. The lowest BCUT2D eigenvalue weighted by molar-refractivity contribution is -0.131. The topological polar surface area (TPSA) is 41.6 Å². The summed E-state index contributed by atoms with van der Waals surface area (Å²) in [7, 11) is 0. The van der Waals surface area contributed by atoms with Gasteiger partial charge in [0.25, 0.3) is 0 Å². The van der Waals surface area contributed by atoms with Crippen molar-refractivity contribution in [2.75, 3.05) is 18.6 Å². The standard InChI is InChI=1S/C16H24N2O2S/c1-5-20-14-8-6-13(7-9-14)15-17-12(3)16(19)18(15)11(2)10-21-4/h6-9,11-12,15,17H,5,10H2,1-4H3. The van der Waals surface area contributed by atoms with Crippen LogP contribution in [0.25, 0.3) is 0 Å². The lowest BCUT2D eigenvalue weighted by atomic mass is 10.1.